The third-order valence-electron chi connectivity index (χ3n) is 4.20. The smallest absolute Gasteiger partial charge is 0.238 e. The van der Waals surface area contributed by atoms with Crippen LogP contribution in [0.1, 0.15) is 32.3 Å². The van der Waals surface area contributed by atoms with Crippen LogP contribution in [0.2, 0.25) is 0 Å². The van der Waals surface area contributed by atoms with Crippen LogP contribution in [0.4, 0.5) is 0 Å². The highest BCUT2D eigenvalue weighted by Gasteiger charge is 2.31. The van der Waals surface area contributed by atoms with Gasteiger partial charge in [0.05, 0.1) is 12.1 Å². The monoisotopic (exact) mass is 411 g/mol. The molecule has 1 saturated heterocycles. The van der Waals surface area contributed by atoms with Gasteiger partial charge in [0.2, 0.25) is 5.91 Å². The van der Waals surface area contributed by atoms with E-state index in [4.69, 9.17) is 0 Å². The molecule has 1 aromatic rings. The van der Waals surface area contributed by atoms with Crippen molar-refractivity contribution in [3.8, 4) is 6.07 Å². The van der Waals surface area contributed by atoms with Crippen LogP contribution in [0.25, 0.3) is 0 Å². The molecule has 4 atom stereocenters. The van der Waals surface area contributed by atoms with Crippen molar-refractivity contribution in [2.45, 2.75) is 51.2 Å². The number of halogens is 1. The van der Waals surface area contributed by atoms with Gasteiger partial charge in [-0.2, -0.15) is 5.26 Å². The first kappa shape index (κ1) is 17.2. The van der Waals surface area contributed by atoms with Crippen LogP contribution in [0.15, 0.2) is 24.3 Å². The van der Waals surface area contributed by atoms with Crippen LogP contribution in [0.5, 0.6) is 0 Å². The highest BCUT2D eigenvalue weighted by molar-refractivity contribution is 14.1. The summed E-state index contributed by atoms with van der Waals surface area (Å²) in [6.07, 6.45) is 2.67. The molecule has 1 aromatic carbocycles. The SMILES string of the molecule is C[C@@H]1CC[C@H](C)N[C@@H]1C(=O)N[C@H](C#N)Cc1ccc(I)cc1. The van der Waals surface area contributed by atoms with Crippen molar-refractivity contribution in [1.82, 2.24) is 10.6 Å². The molecular weight excluding hydrogens is 389 g/mol. The van der Waals surface area contributed by atoms with Gasteiger partial charge in [0, 0.05) is 16.0 Å². The number of rotatable bonds is 4. The summed E-state index contributed by atoms with van der Waals surface area (Å²) in [4.78, 5) is 12.4. The first-order chi connectivity index (χ1) is 10.5. The van der Waals surface area contributed by atoms with Gasteiger partial charge in [-0.25, -0.2) is 0 Å². The molecule has 5 heteroatoms. The lowest BCUT2D eigenvalue weighted by atomic mass is 9.88. The molecule has 0 spiro atoms. The second-order valence-corrected chi connectivity index (χ2v) is 7.37. The number of amides is 1. The number of benzene rings is 1. The highest BCUT2D eigenvalue weighted by Crippen LogP contribution is 2.19. The maximum atomic E-state index is 12.4. The second kappa shape index (κ2) is 7.93. The van der Waals surface area contributed by atoms with Crippen LogP contribution < -0.4 is 10.6 Å². The standard InChI is InChI=1S/C17H22IN3O/c1-11-3-4-12(2)20-16(11)17(22)21-15(10-19)9-13-5-7-14(18)8-6-13/h5-8,11-12,15-16,20H,3-4,9H2,1-2H3,(H,21,22)/t11-,12+,15+,16+/m1/s1. The minimum absolute atomic E-state index is 0.0592. The third-order valence-corrected chi connectivity index (χ3v) is 4.92. The van der Waals surface area contributed by atoms with Crippen molar-refractivity contribution in [3.05, 3.63) is 33.4 Å². The molecule has 2 rings (SSSR count). The molecule has 2 N–H and O–H groups in total. The van der Waals surface area contributed by atoms with Gasteiger partial charge in [0.1, 0.15) is 6.04 Å². The van der Waals surface area contributed by atoms with Crippen molar-refractivity contribution in [3.63, 3.8) is 0 Å². The average molecular weight is 411 g/mol. The highest BCUT2D eigenvalue weighted by atomic mass is 127. The average Bonchev–Trinajstić information content (AvgIpc) is 2.51. The molecule has 4 nitrogen and oxygen atoms in total. The first-order valence-corrected chi connectivity index (χ1v) is 8.78. The summed E-state index contributed by atoms with van der Waals surface area (Å²) in [6.45, 7) is 4.18. The Balaban J connectivity index is 1.96. The quantitative estimate of drug-likeness (QED) is 0.749. The third kappa shape index (κ3) is 4.68. The minimum atomic E-state index is -0.487. The second-order valence-electron chi connectivity index (χ2n) is 6.12. The lowest BCUT2D eigenvalue weighted by Crippen LogP contribution is -2.55. The zero-order valence-corrected chi connectivity index (χ0v) is 15.1. The van der Waals surface area contributed by atoms with E-state index in [1.54, 1.807) is 0 Å². The topological polar surface area (TPSA) is 64.9 Å². The molecule has 1 aliphatic rings. The Kier molecular flexibility index (Phi) is 6.21. The van der Waals surface area contributed by atoms with E-state index in [-0.39, 0.29) is 11.9 Å². The van der Waals surface area contributed by atoms with Crippen molar-refractivity contribution in [1.29, 1.82) is 5.26 Å². The van der Waals surface area contributed by atoms with Crippen molar-refractivity contribution >= 4 is 28.5 Å². The Morgan fingerprint density at radius 1 is 1.41 bits per heavy atom. The molecule has 0 unspecified atom stereocenters. The number of nitrogens with one attached hydrogen (secondary N) is 2. The Hall–Kier alpha value is -1.13. The Morgan fingerprint density at radius 3 is 2.73 bits per heavy atom. The summed E-state index contributed by atoms with van der Waals surface area (Å²) in [5.41, 5.74) is 1.06. The molecular formula is C17H22IN3O. The lowest BCUT2D eigenvalue weighted by Gasteiger charge is -2.33. The Morgan fingerprint density at radius 2 is 2.09 bits per heavy atom. The summed E-state index contributed by atoms with van der Waals surface area (Å²) in [7, 11) is 0. The normalized spacial score (nSPS) is 26.0. The van der Waals surface area contributed by atoms with Gasteiger partial charge < -0.3 is 10.6 Å². The van der Waals surface area contributed by atoms with E-state index in [2.05, 4.69) is 53.1 Å². The van der Waals surface area contributed by atoms with E-state index in [1.807, 2.05) is 24.3 Å². The van der Waals surface area contributed by atoms with Gasteiger partial charge >= 0.3 is 0 Å². The molecule has 1 aliphatic heterocycles. The minimum Gasteiger partial charge on any atom is -0.339 e. The van der Waals surface area contributed by atoms with Crippen molar-refractivity contribution < 1.29 is 4.79 Å². The maximum absolute atomic E-state index is 12.4. The summed E-state index contributed by atoms with van der Waals surface area (Å²) >= 11 is 2.25. The number of nitriles is 1. The molecule has 0 saturated carbocycles. The number of hydrogen-bond acceptors (Lipinski definition) is 3. The maximum Gasteiger partial charge on any atom is 0.238 e. The van der Waals surface area contributed by atoms with E-state index in [0.29, 0.717) is 18.4 Å². The van der Waals surface area contributed by atoms with Gasteiger partial charge in [0.25, 0.3) is 0 Å². The zero-order chi connectivity index (χ0) is 16.1. The molecule has 22 heavy (non-hydrogen) atoms. The first-order valence-electron chi connectivity index (χ1n) is 7.70. The van der Waals surface area contributed by atoms with Gasteiger partial charge in [-0.3, -0.25) is 4.79 Å². The number of nitrogens with zero attached hydrogens (tertiary/aromatic N) is 1. The molecule has 1 heterocycles. The van der Waals surface area contributed by atoms with Crippen LogP contribution in [0.3, 0.4) is 0 Å². The number of piperidine rings is 1. The predicted octanol–water partition coefficient (Wildman–Crippen LogP) is 2.62. The number of carbonyl (C=O) groups is 1. The molecule has 0 bridgehead atoms. The van der Waals surface area contributed by atoms with Gasteiger partial charge in [-0.1, -0.05) is 19.1 Å². The van der Waals surface area contributed by atoms with E-state index in [0.717, 1.165) is 22.0 Å². The van der Waals surface area contributed by atoms with Crippen LogP contribution in [0, 0.1) is 20.8 Å². The Labute approximate surface area is 145 Å². The fourth-order valence-electron chi connectivity index (χ4n) is 2.81. The predicted molar refractivity (Wildman–Crippen MR) is 95.2 cm³/mol. The molecule has 118 valence electrons. The summed E-state index contributed by atoms with van der Waals surface area (Å²) < 4.78 is 1.16. The van der Waals surface area contributed by atoms with Crippen LogP contribution in [-0.2, 0) is 11.2 Å². The van der Waals surface area contributed by atoms with Crippen molar-refractivity contribution in [2.75, 3.05) is 0 Å². The zero-order valence-electron chi connectivity index (χ0n) is 13.0. The fraction of sp³-hybridized carbons (Fsp3) is 0.529. The molecule has 0 aromatic heterocycles. The van der Waals surface area contributed by atoms with Gasteiger partial charge in [0.15, 0.2) is 0 Å². The number of hydrogen-bond donors (Lipinski definition) is 2. The van der Waals surface area contributed by atoms with E-state index >= 15 is 0 Å². The van der Waals surface area contributed by atoms with Crippen LogP contribution >= 0.6 is 22.6 Å². The van der Waals surface area contributed by atoms with Gasteiger partial charge in [-0.15, -0.1) is 0 Å². The lowest BCUT2D eigenvalue weighted by molar-refractivity contribution is -0.125. The van der Waals surface area contributed by atoms with E-state index in [9.17, 15) is 10.1 Å². The molecule has 0 aliphatic carbocycles. The summed E-state index contributed by atoms with van der Waals surface area (Å²) in [5, 5.41) is 15.6. The summed E-state index contributed by atoms with van der Waals surface area (Å²) in [6, 6.07) is 9.89. The fourth-order valence-corrected chi connectivity index (χ4v) is 3.17. The molecule has 1 fully saturated rings. The summed E-state index contributed by atoms with van der Waals surface area (Å²) in [5.74, 6) is 0.241. The van der Waals surface area contributed by atoms with Gasteiger partial charge in [-0.05, 0) is 66.0 Å². The van der Waals surface area contributed by atoms with E-state index in [1.165, 1.54) is 0 Å². The molecule has 1 amide bonds. The molecule has 0 radical (unpaired) electrons. The largest absolute Gasteiger partial charge is 0.339 e. The van der Waals surface area contributed by atoms with Crippen LogP contribution in [-0.4, -0.2) is 24.0 Å². The van der Waals surface area contributed by atoms with Crippen molar-refractivity contribution in [2.24, 2.45) is 5.92 Å². The number of carbonyl (C=O) groups excluding carboxylic acids is 1. The Bertz CT molecular complexity index is 552. The van der Waals surface area contributed by atoms with E-state index < -0.39 is 6.04 Å².